The third kappa shape index (κ3) is 2.41. The molecule has 4 aliphatic rings. The number of amides is 1. The molecule has 1 aromatic heterocycles. The minimum Gasteiger partial charge on any atom is -0.365 e. The van der Waals surface area contributed by atoms with Gasteiger partial charge in [0, 0.05) is 36.9 Å². The Labute approximate surface area is 172 Å². The number of carbonyl (C=O) groups excluding carboxylic acids is 1. The first-order valence-electron chi connectivity index (χ1n) is 11.0. The molecule has 1 aromatic rings. The van der Waals surface area contributed by atoms with Gasteiger partial charge in [-0.25, -0.2) is 4.98 Å². The minimum atomic E-state index is 0.144. The predicted octanol–water partition coefficient (Wildman–Crippen LogP) is 4.91. The Balaban J connectivity index is 1.45. The third-order valence-corrected chi connectivity index (χ3v) is 10.1. The molecular weight excluding hydrogens is 366 g/mol. The van der Waals surface area contributed by atoms with Crippen molar-refractivity contribution in [1.82, 2.24) is 9.88 Å². The molecule has 3 aliphatic carbocycles. The minimum absolute atomic E-state index is 0.144. The molecule has 0 aromatic carbocycles. The van der Waals surface area contributed by atoms with Gasteiger partial charge in [0.2, 0.25) is 5.91 Å². The van der Waals surface area contributed by atoms with E-state index >= 15 is 0 Å². The van der Waals surface area contributed by atoms with Gasteiger partial charge in [0.25, 0.3) is 0 Å². The third-order valence-electron chi connectivity index (χ3n) is 9.22. The van der Waals surface area contributed by atoms with E-state index in [0.717, 1.165) is 23.4 Å². The van der Waals surface area contributed by atoms with Gasteiger partial charge in [-0.3, -0.25) is 4.79 Å². The van der Waals surface area contributed by atoms with Crippen molar-refractivity contribution in [1.29, 1.82) is 0 Å². The summed E-state index contributed by atoms with van der Waals surface area (Å²) in [5.74, 6) is 3.08. The van der Waals surface area contributed by atoms with Crippen LogP contribution in [0, 0.1) is 28.6 Å². The monoisotopic (exact) mass is 399 g/mol. The molecule has 3 fully saturated rings. The Bertz CT molecular complexity index is 819. The predicted molar refractivity (Wildman–Crippen MR) is 114 cm³/mol. The molecule has 0 saturated heterocycles. The van der Waals surface area contributed by atoms with Gasteiger partial charge in [0.15, 0.2) is 5.13 Å². The second kappa shape index (κ2) is 6.32. The van der Waals surface area contributed by atoms with E-state index in [-0.39, 0.29) is 11.3 Å². The second-order valence-corrected chi connectivity index (χ2v) is 11.0. The van der Waals surface area contributed by atoms with Gasteiger partial charge < -0.3 is 10.2 Å². The standard InChI is InChI=1S/C23H33N3OS/c1-22-11-9-16-14(5-8-19-23(16,2)12-10-20(27)26(19)4)15(22)6-7-17(22)18-13-28-21(24-3)25-18/h10,12-17,19H,5-9,11H2,1-4H3,(H,24,25)/t14-,15-,16-,17+,19+,22-,23+/m0/s1. The van der Waals surface area contributed by atoms with Crippen LogP contribution in [0.25, 0.3) is 0 Å². The van der Waals surface area contributed by atoms with E-state index in [1.165, 1.54) is 37.8 Å². The lowest BCUT2D eigenvalue weighted by atomic mass is 9.47. The van der Waals surface area contributed by atoms with Crippen LogP contribution in [0.2, 0.25) is 0 Å². The van der Waals surface area contributed by atoms with Gasteiger partial charge in [0.05, 0.1) is 5.69 Å². The highest BCUT2D eigenvalue weighted by Gasteiger charge is 2.60. The number of aromatic nitrogens is 1. The first-order valence-corrected chi connectivity index (χ1v) is 11.9. The van der Waals surface area contributed by atoms with E-state index in [9.17, 15) is 4.79 Å². The fourth-order valence-corrected chi connectivity index (χ4v) is 8.51. The van der Waals surface area contributed by atoms with Crippen molar-refractivity contribution in [3.05, 3.63) is 23.2 Å². The number of rotatable bonds is 2. The zero-order valence-corrected chi connectivity index (χ0v) is 18.4. The smallest absolute Gasteiger partial charge is 0.246 e. The maximum atomic E-state index is 12.2. The number of hydrogen-bond donors (Lipinski definition) is 1. The zero-order valence-electron chi connectivity index (χ0n) is 17.6. The summed E-state index contributed by atoms with van der Waals surface area (Å²) in [5, 5.41) is 6.55. The molecule has 0 unspecified atom stereocenters. The van der Waals surface area contributed by atoms with E-state index in [2.05, 4.69) is 30.6 Å². The average Bonchev–Trinajstić information content (AvgIpc) is 3.28. The maximum Gasteiger partial charge on any atom is 0.246 e. The number of likely N-dealkylation sites (N-methyl/N-ethyl adjacent to an activating group) is 1. The lowest BCUT2D eigenvalue weighted by Crippen LogP contribution is -2.59. The molecular formula is C23H33N3OS. The van der Waals surface area contributed by atoms with Crippen molar-refractivity contribution < 1.29 is 4.79 Å². The van der Waals surface area contributed by atoms with Gasteiger partial charge in [-0.2, -0.15) is 0 Å². The summed E-state index contributed by atoms with van der Waals surface area (Å²) >= 11 is 1.74. The van der Waals surface area contributed by atoms with E-state index in [1.807, 2.05) is 25.1 Å². The van der Waals surface area contributed by atoms with Gasteiger partial charge in [-0.1, -0.05) is 19.9 Å². The number of nitrogens with zero attached hydrogens (tertiary/aromatic N) is 2. The van der Waals surface area contributed by atoms with Crippen LogP contribution in [0.5, 0.6) is 0 Å². The fraction of sp³-hybridized carbons (Fsp3) is 0.739. The quantitative estimate of drug-likeness (QED) is 0.769. The van der Waals surface area contributed by atoms with Crippen molar-refractivity contribution in [2.45, 2.75) is 64.3 Å². The molecule has 4 nitrogen and oxygen atoms in total. The first-order chi connectivity index (χ1) is 13.4. The van der Waals surface area contributed by atoms with Gasteiger partial charge in [-0.15, -0.1) is 11.3 Å². The number of hydrogen-bond acceptors (Lipinski definition) is 4. The van der Waals surface area contributed by atoms with Crippen LogP contribution in [0.3, 0.4) is 0 Å². The summed E-state index contributed by atoms with van der Waals surface area (Å²) in [6, 6.07) is 0.379. The summed E-state index contributed by atoms with van der Waals surface area (Å²) in [7, 11) is 3.97. The summed E-state index contributed by atoms with van der Waals surface area (Å²) in [6.07, 6.45) is 11.8. The number of fused-ring (bicyclic) bond motifs is 5. The maximum absolute atomic E-state index is 12.2. The molecule has 7 atom stereocenters. The summed E-state index contributed by atoms with van der Waals surface area (Å²) in [6.45, 7) is 4.99. The van der Waals surface area contributed by atoms with Crippen LogP contribution in [0.1, 0.15) is 64.0 Å². The molecule has 2 heterocycles. The Morgan fingerprint density at radius 1 is 1.18 bits per heavy atom. The van der Waals surface area contributed by atoms with Crippen molar-refractivity contribution >= 4 is 22.4 Å². The lowest BCUT2D eigenvalue weighted by Gasteiger charge is -2.60. The number of nitrogens with one attached hydrogen (secondary N) is 1. The topological polar surface area (TPSA) is 45.2 Å². The molecule has 3 saturated carbocycles. The van der Waals surface area contributed by atoms with Crippen LogP contribution >= 0.6 is 11.3 Å². The molecule has 0 bridgehead atoms. The fourth-order valence-electron chi connectivity index (χ4n) is 7.79. The summed E-state index contributed by atoms with van der Waals surface area (Å²) in [4.78, 5) is 19.2. The van der Waals surface area contributed by atoms with Crippen molar-refractivity contribution in [2.75, 3.05) is 19.4 Å². The molecule has 5 heteroatoms. The molecule has 1 aliphatic heterocycles. The summed E-state index contributed by atoms with van der Waals surface area (Å²) < 4.78 is 0. The van der Waals surface area contributed by atoms with E-state index in [4.69, 9.17) is 4.98 Å². The van der Waals surface area contributed by atoms with E-state index < -0.39 is 0 Å². The molecule has 5 rings (SSSR count). The van der Waals surface area contributed by atoms with E-state index in [1.54, 1.807) is 11.3 Å². The highest BCUT2D eigenvalue weighted by Crippen LogP contribution is 2.67. The number of anilines is 1. The van der Waals surface area contributed by atoms with Gasteiger partial charge in [-0.05, 0) is 67.8 Å². The Morgan fingerprint density at radius 2 is 2.00 bits per heavy atom. The van der Waals surface area contributed by atoms with Crippen LogP contribution in [-0.2, 0) is 4.79 Å². The van der Waals surface area contributed by atoms with Crippen LogP contribution < -0.4 is 5.32 Å². The average molecular weight is 400 g/mol. The van der Waals surface area contributed by atoms with Crippen molar-refractivity contribution in [3.8, 4) is 0 Å². The highest BCUT2D eigenvalue weighted by atomic mass is 32.1. The molecule has 152 valence electrons. The second-order valence-electron chi connectivity index (χ2n) is 10.1. The van der Waals surface area contributed by atoms with Crippen LogP contribution in [0.4, 0.5) is 5.13 Å². The summed E-state index contributed by atoms with van der Waals surface area (Å²) in [5.41, 5.74) is 1.84. The molecule has 1 amide bonds. The van der Waals surface area contributed by atoms with Crippen LogP contribution in [-0.4, -0.2) is 35.9 Å². The number of carbonyl (C=O) groups is 1. The SMILES string of the molecule is CNc1nc([C@H]2CC[C@H]3[C@@H]4CC[C@H]5N(C)C(=O)C=C[C@]5(C)[C@H]4CC[C@]23C)cs1. The van der Waals surface area contributed by atoms with Crippen LogP contribution in [0.15, 0.2) is 17.5 Å². The zero-order chi connectivity index (χ0) is 19.7. The van der Waals surface area contributed by atoms with Crippen molar-refractivity contribution in [3.63, 3.8) is 0 Å². The highest BCUT2D eigenvalue weighted by molar-refractivity contribution is 7.13. The largest absolute Gasteiger partial charge is 0.365 e. The van der Waals surface area contributed by atoms with Gasteiger partial charge >= 0.3 is 0 Å². The Hall–Kier alpha value is -1.36. The molecule has 28 heavy (non-hydrogen) atoms. The van der Waals surface area contributed by atoms with Gasteiger partial charge in [0.1, 0.15) is 0 Å². The Kier molecular flexibility index (Phi) is 4.21. The lowest BCUT2D eigenvalue weighted by molar-refractivity contribution is -0.138. The first kappa shape index (κ1) is 18.7. The Morgan fingerprint density at radius 3 is 2.75 bits per heavy atom. The number of thiazole rings is 1. The molecule has 1 N–H and O–H groups in total. The molecule has 0 spiro atoms. The van der Waals surface area contributed by atoms with E-state index in [0.29, 0.717) is 23.3 Å². The van der Waals surface area contributed by atoms with Crippen molar-refractivity contribution in [2.24, 2.45) is 28.6 Å². The molecule has 0 radical (unpaired) electrons. The normalized spacial score (nSPS) is 44.8.